The number of carbonyl (C=O) groups excluding carboxylic acids is 3. The molecule has 0 amide bonds. The van der Waals surface area contributed by atoms with Crippen molar-refractivity contribution in [3.8, 4) is 0 Å². The quantitative estimate of drug-likeness (QED) is 0.199. The molecule has 0 saturated carbocycles. The van der Waals surface area contributed by atoms with Gasteiger partial charge >= 0.3 is 11.9 Å². The van der Waals surface area contributed by atoms with Crippen LogP contribution in [0.4, 0.5) is 0 Å². The van der Waals surface area contributed by atoms with Gasteiger partial charge in [-0.25, -0.2) is 0 Å². The SMILES string of the molecule is CCOC(=O)C(C/C=C/CBr)(CCC=O)C(=O)OCC. The normalized spacial score (nSPS) is 11.3. The zero-order chi connectivity index (χ0) is 15.4. The molecule has 0 spiro atoms. The molecule has 0 fully saturated rings. The van der Waals surface area contributed by atoms with Crippen LogP contribution in [-0.4, -0.2) is 36.8 Å². The van der Waals surface area contributed by atoms with E-state index in [1.54, 1.807) is 26.0 Å². The van der Waals surface area contributed by atoms with Crippen LogP contribution in [0.25, 0.3) is 0 Å². The Kier molecular flexibility index (Phi) is 9.98. The summed E-state index contributed by atoms with van der Waals surface area (Å²) in [6, 6.07) is 0. The number of ether oxygens (including phenoxy) is 2. The first-order chi connectivity index (χ1) is 9.58. The fourth-order valence-electron chi connectivity index (χ4n) is 1.75. The Hall–Kier alpha value is -1.17. The minimum atomic E-state index is -1.44. The summed E-state index contributed by atoms with van der Waals surface area (Å²) in [6.07, 6.45) is 4.52. The molecule has 0 aliphatic rings. The largest absolute Gasteiger partial charge is 0.465 e. The Morgan fingerprint density at radius 3 is 2.05 bits per heavy atom. The third kappa shape index (κ3) is 5.45. The van der Waals surface area contributed by atoms with Gasteiger partial charge in [-0.05, 0) is 26.7 Å². The van der Waals surface area contributed by atoms with Crippen LogP contribution in [0.2, 0.25) is 0 Å². The van der Waals surface area contributed by atoms with Crippen LogP contribution >= 0.6 is 15.9 Å². The Bertz CT molecular complexity index is 333. The minimum Gasteiger partial charge on any atom is -0.465 e. The number of hydrogen-bond donors (Lipinski definition) is 0. The Morgan fingerprint density at radius 2 is 1.65 bits per heavy atom. The first kappa shape index (κ1) is 18.8. The summed E-state index contributed by atoms with van der Waals surface area (Å²) in [5.74, 6) is -1.28. The van der Waals surface area contributed by atoms with Crippen LogP contribution < -0.4 is 0 Å². The van der Waals surface area contributed by atoms with Crippen molar-refractivity contribution >= 4 is 34.2 Å². The number of aldehydes is 1. The number of esters is 2. The second-order valence-electron chi connectivity index (χ2n) is 4.06. The van der Waals surface area contributed by atoms with Gasteiger partial charge in [0.05, 0.1) is 13.2 Å². The van der Waals surface area contributed by atoms with E-state index in [0.29, 0.717) is 11.6 Å². The summed E-state index contributed by atoms with van der Waals surface area (Å²) in [5, 5.41) is 0.614. The minimum absolute atomic E-state index is 0.0841. The van der Waals surface area contributed by atoms with Crippen molar-refractivity contribution in [2.75, 3.05) is 18.5 Å². The van der Waals surface area contributed by atoms with Gasteiger partial charge in [0.2, 0.25) is 0 Å². The van der Waals surface area contributed by atoms with E-state index in [9.17, 15) is 14.4 Å². The summed E-state index contributed by atoms with van der Waals surface area (Å²) >= 11 is 3.23. The van der Waals surface area contributed by atoms with E-state index in [1.165, 1.54) is 0 Å². The van der Waals surface area contributed by atoms with E-state index < -0.39 is 17.4 Å². The molecule has 0 heterocycles. The summed E-state index contributed by atoms with van der Waals surface area (Å²) in [7, 11) is 0. The van der Waals surface area contributed by atoms with Crippen LogP contribution in [0.15, 0.2) is 12.2 Å². The average molecular weight is 349 g/mol. The van der Waals surface area contributed by atoms with Crippen molar-refractivity contribution in [3.05, 3.63) is 12.2 Å². The highest BCUT2D eigenvalue weighted by Crippen LogP contribution is 2.32. The highest BCUT2D eigenvalue weighted by Gasteiger charge is 2.47. The zero-order valence-corrected chi connectivity index (χ0v) is 13.5. The molecule has 114 valence electrons. The maximum Gasteiger partial charge on any atom is 0.323 e. The molecule has 0 atom stereocenters. The predicted molar refractivity (Wildman–Crippen MR) is 78.5 cm³/mol. The van der Waals surface area contributed by atoms with Gasteiger partial charge in [-0.15, -0.1) is 0 Å². The van der Waals surface area contributed by atoms with Gasteiger partial charge < -0.3 is 14.3 Å². The molecule has 0 aromatic heterocycles. The Labute approximate surface area is 127 Å². The molecule has 0 N–H and O–H groups in total. The Balaban J connectivity index is 5.35. The van der Waals surface area contributed by atoms with Gasteiger partial charge in [0.15, 0.2) is 5.41 Å². The molecule has 20 heavy (non-hydrogen) atoms. The summed E-state index contributed by atoms with van der Waals surface area (Å²) in [5.41, 5.74) is -1.44. The summed E-state index contributed by atoms with van der Waals surface area (Å²) in [4.78, 5) is 35.0. The molecule has 5 nitrogen and oxygen atoms in total. The monoisotopic (exact) mass is 348 g/mol. The van der Waals surface area contributed by atoms with E-state index >= 15 is 0 Å². The molecule has 0 aromatic carbocycles. The first-order valence-corrected chi connectivity index (χ1v) is 7.70. The molecule has 0 aliphatic heterocycles. The van der Waals surface area contributed by atoms with Crippen LogP contribution in [0, 0.1) is 5.41 Å². The predicted octanol–water partition coefficient (Wildman–Crippen LogP) is 2.42. The third-order valence-corrected chi connectivity index (χ3v) is 3.12. The van der Waals surface area contributed by atoms with E-state index in [2.05, 4.69) is 15.9 Å². The standard InChI is InChI=1S/C14H21BrO5/c1-3-19-12(17)14(9-7-11-16,8-5-6-10-15)13(18)20-4-2/h5-6,11H,3-4,7-10H2,1-2H3/b6-5+. The van der Waals surface area contributed by atoms with Crippen molar-refractivity contribution in [2.45, 2.75) is 33.1 Å². The Morgan fingerprint density at radius 1 is 1.10 bits per heavy atom. The zero-order valence-electron chi connectivity index (χ0n) is 11.9. The van der Waals surface area contributed by atoms with Crippen molar-refractivity contribution in [3.63, 3.8) is 0 Å². The number of hydrogen-bond acceptors (Lipinski definition) is 5. The van der Waals surface area contributed by atoms with E-state index in [1.807, 2.05) is 0 Å². The number of rotatable bonds is 10. The van der Waals surface area contributed by atoms with Gasteiger partial charge in [-0.3, -0.25) is 9.59 Å². The van der Waals surface area contributed by atoms with Gasteiger partial charge in [0, 0.05) is 11.8 Å². The highest BCUT2D eigenvalue weighted by atomic mass is 79.9. The van der Waals surface area contributed by atoms with Crippen molar-refractivity contribution < 1.29 is 23.9 Å². The number of alkyl halides is 1. The van der Waals surface area contributed by atoms with Crippen molar-refractivity contribution in [1.82, 2.24) is 0 Å². The van der Waals surface area contributed by atoms with Gasteiger partial charge in [-0.1, -0.05) is 28.1 Å². The van der Waals surface area contributed by atoms with Crippen LogP contribution in [0.3, 0.4) is 0 Å². The highest BCUT2D eigenvalue weighted by molar-refractivity contribution is 9.09. The van der Waals surface area contributed by atoms with Crippen molar-refractivity contribution in [1.29, 1.82) is 0 Å². The lowest BCUT2D eigenvalue weighted by molar-refractivity contribution is -0.172. The van der Waals surface area contributed by atoms with Gasteiger partial charge in [-0.2, -0.15) is 0 Å². The molecule has 0 saturated heterocycles. The maximum absolute atomic E-state index is 12.2. The van der Waals surface area contributed by atoms with E-state index in [4.69, 9.17) is 9.47 Å². The number of allylic oxidation sites excluding steroid dienone is 2. The fourth-order valence-corrected chi connectivity index (χ4v) is 2.01. The van der Waals surface area contributed by atoms with Crippen LogP contribution in [0.5, 0.6) is 0 Å². The fraction of sp³-hybridized carbons (Fsp3) is 0.643. The molecular weight excluding hydrogens is 328 g/mol. The first-order valence-electron chi connectivity index (χ1n) is 6.58. The molecule has 0 rings (SSSR count). The van der Waals surface area contributed by atoms with Gasteiger partial charge in [0.1, 0.15) is 6.29 Å². The second-order valence-corrected chi connectivity index (χ2v) is 4.71. The van der Waals surface area contributed by atoms with Crippen molar-refractivity contribution in [2.24, 2.45) is 5.41 Å². The maximum atomic E-state index is 12.2. The third-order valence-electron chi connectivity index (χ3n) is 2.74. The average Bonchev–Trinajstić information content (AvgIpc) is 2.43. The second kappa shape index (κ2) is 10.6. The molecule has 0 aliphatic carbocycles. The number of halogens is 1. The molecule has 0 aromatic rings. The van der Waals surface area contributed by atoms with E-state index in [-0.39, 0.29) is 32.5 Å². The molecule has 0 bridgehead atoms. The lowest BCUT2D eigenvalue weighted by Gasteiger charge is -2.27. The summed E-state index contributed by atoms with van der Waals surface area (Å²) < 4.78 is 10.0. The smallest absolute Gasteiger partial charge is 0.323 e. The molecule has 6 heteroatoms. The lowest BCUT2D eigenvalue weighted by Crippen LogP contribution is -2.42. The molecule has 0 radical (unpaired) electrons. The van der Waals surface area contributed by atoms with Gasteiger partial charge in [0.25, 0.3) is 0 Å². The number of carbonyl (C=O) groups is 3. The molecule has 0 unspecified atom stereocenters. The molecular formula is C14H21BrO5. The topological polar surface area (TPSA) is 69.7 Å². The lowest BCUT2D eigenvalue weighted by atomic mass is 9.80. The van der Waals surface area contributed by atoms with E-state index in [0.717, 1.165) is 0 Å². The van der Waals surface area contributed by atoms with Crippen LogP contribution in [-0.2, 0) is 23.9 Å². The van der Waals surface area contributed by atoms with Crippen LogP contribution in [0.1, 0.15) is 33.1 Å². The summed E-state index contributed by atoms with van der Waals surface area (Å²) in [6.45, 7) is 3.68.